The predicted octanol–water partition coefficient (Wildman–Crippen LogP) is 4.90. The Kier molecular flexibility index (Phi) is 5.71. The minimum Gasteiger partial charge on any atom is -0.310 e. The summed E-state index contributed by atoms with van der Waals surface area (Å²) in [5, 5.41) is 3.97. The lowest BCUT2D eigenvalue weighted by atomic mass is 10.1. The zero-order valence-corrected chi connectivity index (χ0v) is 12.6. The third kappa shape index (κ3) is 4.26. The van der Waals surface area contributed by atoms with E-state index >= 15 is 0 Å². The molecule has 1 atom stereocenters. The Hall–Kier alpha value is -1.45. The van der Waals surface area contributed by atoms with Crippen LogP contribution in [-0.2, 0) is 6.42 Å². The second-order valence-electron chi connectivity index (χ2n) is 5.01. The highest BCUT2D eigenvalue weighted by molar-refractivity contribution is 6.31. The zero-order valence-electron chi connectivity index (χ0n) is 11.9. The average molecular weight is 310 g/mol. The van der Waals surface area contributed by atoms with Crippen LogP contribution in [0.2, 0.25) is 5.02 Å². The first-order chi connectivity index (χ1) is 10.1. The Bertz CT molecular complexity index is 601. The molecule has 0 aliphatic carbocycles. The van der Waals surface area contributed by atoms with E-state index in [-0.39, 0.29) is 6.04 Å². The third-order valence-electron chi connectivity index (χ3n) is 3.48. The number of nitrogens with one attached hydrogen (secondary N) is 1. The highest BCUT2D eigenvalue weighted by Gasteiger charge is 2.13. The van der Waals surface area contributed by atoms with Gasteiger partial charge in [-0.25, -0.2) is 8.78 Å². The van der Waals surface area contributed by atoms with Crippen LogP contribution in [0.5, 0.6) is 0 Å². The molecule has 0 heterocycles. The molecule has 0 spiro atoms. The Morgan fingerprint density at radius 1 is 1.10 bits per heavy atom. The molecule has 21 heavy (non-hydrogen) atoms. The van der Waals surface area contributed by atoms with E-state index < -0.39 is 11.6 Å². The second kappa shape index (κ2) is 7.53. The second-order valence-corrected chi connectivity index (χ2v) is 5.42. The molecule has 2 rings (SSSR count). The van der Waals surface area contributed by atoms with E-state index in [1.54, 1.807) is 6.07 Å². The van der Waals surface area contributed by atoms with Gasteiger partial charge in [-0.15, -0.1) is 0 Å². The molecular weight excluding hydrogens is 292 g/mol. The van der Waals surface area contributed by atoms with Crippen molar-refractivity contribution in [2.45, 2.75) is 25.8 Å². The molecule has 0 aromatic heterocycles. The Balaban J connectivity index is 1.83. The van der Waals surface area contributed by atoms with Crippen molar-refractivity contribution in [3.05, 3.63) is 70.2 Å². The van der Waals surface area contributed by atoms with E-state index in [2.05, 4.69) is 5.32 Å². The quantitative estimate of drug-likeness (QED) is 0.748. The number of hydrogen-bond acceptors (Lipinski definition) is 1. The summed E-state index contributed by atoms with van der Waals surface area (Å²) >= 11 is 6.09. The van der Waals surface area contributed by atoms with Gasteiger partial charge in [0.1, 0.15) is 0 Å². The Morgan fingerprint density at radius 2 is 1.86 bits per heavy atom. The van der Waals surface area contributed by atoms with Crippen LogP contribution in [0, 0.1) is 11.6 Å². The van der Waals surface area contributed by atoms with Crippen molar-refractivity contribution in [2.75, 3.05) is 6.54 Å². The van der Waals surface area contributed by atoms with Gasteiger partial charge in [-0.3, -0.25) is 0 Å². The lowest BCUT2D eigenvalue weighted by Gasteiger charge is -2.15. The summed E-state index contributed by atoms with van der Waals surface area (Å²) in [5.74, 6) is -1.58. The monoisotopic (exact) mass is 309 g/mol. The lowest BCUT2D eigenvalue weighted by molar-refractivity contribution is 0.471. The maximum atomic E-state index is 13.6. The SMILES string of the molecule is CC(NCCCc1ccccc1Cl)c1cccc(F)c1F. The minimum absolute atomic E-state index is 0.230. The van der Waals surface area contributed by atoms with E-state index in [4.69, 9.17) is 11.6 Å². The van der Waals surface area contributed by atoms with Crippen molar-refractivity contribution < 1.29 is 8.78 Å². The van der Waals surface area contributed by atoms with Crippen LogP contribution in [0.3, 0.4) is 0 Å². The van der Waals surface area contributed by atoms with E-state index in [9.17, 15) is 8.78 Å². The lowest BCUT2D eigenvalue weighted by Crippen LogP contribution is -2.21. The topological polar surface area (TPSA) is 12.0 Å². The number of aryl methyl sites for hydroxylation is 1. The number of hydrogen-bond donors (Lipinski definition) is 1. The molecule has 0 bridgehead atoms. The fourth-order valence-corrected chi connectivity index (χ4v) is 2.49. The average Bonchev–Trinajstić information content (AvgIpc) is 2.48. The maximum absolute atomic E-state index is 13.6. The van der Waals surface area contributed by atoms with E-state index in [1.807, 2.05) is 31.2 Å². The molecule has 0 saturated carbocycles. The van der Waals surface area contributed by atoms with E-state index in [0.717, 1.165) is 29.5 Å². The molecule has 0 amide bonds. The highest BCUT2D eigenvalue weighted by atomic mass is 35.5. The summed E-state index contributed by atoms with van der Waals surface area (Å²) in [6.07, 6.45) is 1.73. The minimum atomic E-state index is -0.808. The molecule has 4 heteroatoms. The standard InChI is InChI=1S/C17H18ClF2N/c1-12(14-8-4-10-16(19)17(14)20)21-11-5-7-13-6-2-3-9-15(13)18/h2-4,6,8-10,12,21H,5,7,11H2,1H3. The molecule has 0 aliphatic rings. The largest absolute Gasteiger partial charge is 0.310 e. The van der Waals surface area contributed by atoms with E-state index in [0.29, 0.717) is 12.1 Å². The van der Waals surface area contributed by atoms with Gasteiger partial charge in [0.15, 0.2) is 11.6 Å². The van der Waals surface area contributed by atoms with Crippen LogP contribution in [0.1, 0.15) is 30.5 Å². The molecule has 1 nitrogen and oxygen atoms in total. The van der Waals surface area contributed by atoms with Crippen LogP contribution in [0.25, 0.3) is 0 Å². The maximum Gasteiger partial charge on any atom is 0.163 e. The van der Waals surface area contributed by atoms with Crippen molar-refractivity contribution in [2.24, 2.45) is 0 Å². The molecule has 2 aromatic rings. The number of rotatable bonds is 6. The summed E-state index contributed by atoms with van der Waals surface area (Å²) in [5.41, 5.74) is 1.46. The van der Waals surface area contributed by atoms with Crippen molar-refractivity contribution in [3.63, 3.8) is 0 Å². The third-order valence-corrected chi connectivity index (χ3v) is 3.85. The van der Waals surface area contributed by atoms with Crippen LogP contribution >= 0.6 is 11.6 Å². The van der Waals surface area contributed by atoms with Crippen molar-refractivity contribution in [3.8, 4) is 0 Å². The first-order valence-electron chi connectivity index (χ1n) is 7.00. The van der Waals surface area contributed by atoms with Crippen LogP contribution in [-0.4, -0.2) is 6.54 Å². The van der Waals surface area contributed by atoms with Crippen LogP contribution < -0.4 is 5.32 Å². The molecule has 0 radical (unpaired) electrons. The summed E-state index contributed by atoms with van der Waals surface area (Å²) in [6.45, 7) is 2.54. The molecule has 1 unspecified atom stereocenters. The zero-order chi connectivity index (χ0) is 15.2. The summed E-state index contributed by atoms with van der Waals surface area (Å²) < 4.78 is 26.8. The Morgan fingerprint density at radius 3 is 2.62 bits per heavy atom. The van der Waals surface area contributed by atoms with Crippen molar-refractivity contribution in [1.82, 2.24) is 5.32 Å². The molecule has 0 aliphatic heterocycles. The number of benzene rings is 2. The van der Waals surface area contributed by atoms with Crippen molar-refractivity contribution in [1.29, 1.82) is 0 Å². The highest BCUT2D eigenvalue weighted by Crippen LogP contribution is 2.19. The van der Waals surface area contributed by atoms with Gasteiger partial charge in [0.05, 0.1) is 0 Å². The normalized spacial score (nSPS) is 12.4. The van der Waals surface area contributed by atoms with Gasteiger partial charge in [-0.2, -0.15) is 0 Å². The molecule has 112 valence electrons. The van der Waals surface area contributed by atoms with Crippen LogP contribution in [0.4, 0.5) is 8.78 Å². The fraction of sp³-hybridized carbons (Fsp3) is 0.294. The predicted molar refractivity (Wildman–Crippen MR) is 82.5 cm³/mol. The van der Waals surface area contributed by atoms with E-state index in [1.165, 1.54) is 6.07 Å². The van der Waals surface area contributed by atoms with Crippen LogP contribution in [0.15, 0.2) is 42.5 Å². The first kappa shape index (κ1) is 15.9. The molecular formula is C17H18ClF2N. The molecule has 1 N–H and O–H groups in total. The summed E-state index contributed by atoms with van der Waals surface area (Å²) in [7, 11) is 0. The van der Waals surface area contributed by atoms with Gasteiger partial charge in [-0.1, -0.05) is 41.9 Å². The first-order valence-corrected chi connectivity index (χ1v) is 7.38. The van der Waals surface area contributed by atoms with Gasteiger partial charge >= 0.3 is 0 Å². The Labute approximate surface area is 128 Å². The fourth-order valence-electron chi connectivity index (χ4n) is 2.26. The molecule has 0 fully saturated rings. The van der Waals surface area contributed by atoms with Gasteiger partial charge < -0.3 is 5.32 Å². The van der Waals surface area contributed by atoms with Gasteiger partial charge in [0.2, 0.25) is 0 Å². The molecule has 0 saturated heterocycles. The van der Waals surface area contributed by atoms with Gasteiger partial charge in [0.25, 0.3) is 0 Å². The van der Waals surface area contributed by atoms with Crippen molar-refractivity contribution >= 4 is 11.6 Å². The molecule has 2 aromatic carbocycles. The summed E-state index contributed by atoms with van der Waals surface area (Å²) in [6, 6.07) is 11.8. The van der Waals surface area contributed by atoms with Gasteiger partial charge in [-0.05, 0) is 44.0 Å². The smallest absolute Gasteiger partial charge is 0.163 e. The summed E-state index contributed by atoms with van der Waals surface area (Å²) in [4.78, 5) is 0. The van der Waals surface area contributed by atoms with Gasteiger partial charge in [0, 0.05) is 16.6 Å². The number of halogens is 3.